The predicted molar refractivity (Wildman–Crippen MR) is 114 cm³/mol. The number of piperazine rings is 1. The molecule has 2 aliphatic rings. The molecule has 0 aromatic heterocycles. The van der Waals surface area contributed by atoms with Crippen molar-refractivity contribution in [3.05, 3.63) is 53.6 Å². The first-order valence-corrected chi connectivity index (χ1v) is 10.8. The van der Waals surface area contributed by atoms with Gasteiger partial charge in [0.1, 0.15) is 5.84 Å². The second-order valence-electron chi connectivity index (χ2n) is 7.22. The maximum Gasteiger partial charge on any atom is 0.137 e. The highest BCUT2D eigenvalue weighted by atomic mass is 32.2. The minimum absolute atomic E-state index is 0.568. The van der Waals surface area contributed by atoms with Crippen LogP contribution in [-0.4, -0.2) is 48.4 Å². The van der Waals surface area contributed by atoms with E-state index in [1.807, 2.05) is 0 Å². The van der Waals surface area contributed by atoms with Gasteiger partial charge in [-0.25, -0.2) is 4.99 Å². The maximum absolute atomic E-state index is 5.89. The van der Waals surface area contributed by atoms with Gasteiger partial charge in [-0.05, 0) is 42.8 Å². The third-order valence-corrected chi connectivity index (χ3v) is 6.46. The molecule has 1 fully saturated rings. The van der Waals surface area contributed by atoms with Crippen LogP contribution in [0.25, 0.3) is 0 Å². The van der Waals surface area contributed by atoms with Gasteiger partial charge < -0.3 is 10.6 Å². The highest BCUT2D eigenvalue weighted by Gasteiger charge is 2.25. The van der Waals surface area contributed by atoms with Gasteiger partial charge in [0, 0.05) is 48.1 Å². The third-order valence-electron chi connectivity index (χ3n) is 5.33. The summed E-state index contributed by atoms with van der Waals surface area (Å²) in [6.07, 6.45) is 2.55. The van der Waals surface area contributed by atoms with E-state index in [1.54, 1.807) is 11.8 Å². The fourth-order valence-corrected chi connectivity index (χ4v) is 4.78. The summed E-state index contributed by atoms with van der Waals surface area (Å²) in [6, 6.07) is 15.0. The molecule has 4 nitrogen and oxygen atoms in total. The normalized spacial score (nSPS) is 17.1. The molecular weight excluding hydrogens is 352 g/mol. The van der Waals surface area contributed by atoms with Crippen molar-refractivity contribution in [3.8, 4) is 0 Å². The summed E-state index contributed by atoms with van der Waals surface area (Å²) in [4.78, 5) is 12.6. The fourth-order valence-electron chi connectivity index (χ4n) is 3.70. The van der Waals surface area contributed by atoms with Crippen LogP contribution >= 0.6 is 11.8 Å². The number of fused-ring (bicyclic) bond motifs is 2. The van der Waals surface area contributed by atoms with Gasteiger partial charge in [0.25, 0.3) is 0 Å². The number of nitrogens with zero attached hydrogens (tertiary/aromatic N) is 3. The molecule has 27 heavy (non-hydrogen) atoms. The van der Waals surface area contributed by atoms with Crippen LogP contribution in [0.3, 0.4) is 0 Å². The molecule has 2 N–H and O–H groups in total. The molecule has 0 radical (unpaired) electrons. The Labute approximate surface area is 166 Å². The highest BCUT2D eigenvalue weighted by Crippen LogP contribution is 2.41. The van der Waals surface area contributed by atoms with Crippen molar-refractivity contribution in [3.63, 3.8) is 0 Å². The third kappa shape index (κ3) is 4.05. The Hall–Kier alpha value is -1.82. The number of aliphatic imine (C=N–C) groups is 1. The molecule has 0 amide bonds. The zero-order chi connectivity index (χ0) is 18.6. The van der Waals surface area contributed by atoms with Gasteiger partial charge in [0.15, 0.2) is 0 Å². The molecule has 0 aliphatic carbocycles. The Morgan fingerprint density at radius 1 is 1.04 bits per heavy atom. The zero-order valence-corrected chi connectivity index (χ0v) is 16.8. The number of rotatable bonds is 4. The molecule has 5 heteroatoms. The summed E-state index contributed by atoms with van der Waals surface area (Å²) in [5, 5.41) is 0. The Morgan fingerprint density at radius 3 is 2.63 bits per heavy atom. The molecule has 1 saturated heterocycles. The first-order valence-electron chi connectivity index (χ1n) is 9.94. The molecule has 0 saturated carbocycles. The van der Waals surface area contributed by atoms with E-state index in [4.69, 9.17) is 10.7 Å². The van der Waals surface area contributed by atoms with E-state index >= 15 is 0 Å². The van der Waals surface area contributed by atoms with Gasteiger partial charge in [0.2, 0.25) is 0 Å². The van der Waals surface area contributed by atoms with E-state index in [2.05, 4.69) is 59.2 Å². The first-order chi connectivity index (χ1) is 13.3. The molecule has 0 unspecified atom stereocenters. The Kier molecular flexibility index (Phi) is 5.81. The van der Waals surface area contributed by atoms with E-state index in [1.165, 1.54) is 40.3 Å². The summed E-state index contributed by atoms with van der Waals surface area (Å²) < 4.78 is 0. The van der Waals surface area contributed by atoms with Crippen molar-refractivity contribution < 1.29 is 0 Å². The second-order valence-corrected chi connectivity index (χ2v) is 8.31. The largest absolute Gasteiger partial charge is 0.354 e. The minimum Gasteiger partial charge on any atom is -0.354 e. The molecule has 0 spiro atoms. The fraction of sp³-hybridized carbons (Fsp3) is 0.409. The van der Waals surface area contributed by atoms with Crippen molar-refractivity contribution in [1.29, 1.82) is 0 Å². The number of benzene rings is 2. The first kappa shape index (κ1) is 18.5. The summed E-state index contributed by atoms with van der Waals surface area (Å²) in [6.45, 7) is 8.34. The van der Waals surface area contributed by atoms with E-state index < -0.39 is 0 Å². The molecular formula is C22H28N4S. The smallest absolute Gasteiger partial charge is 0.137 e. The standard InChI is InChI=1S/C22H28N4S/c1-2-3-10-25-11-13-26(14-12-25)22-18-9-8-17(16-23)15-21(18)27-20-7-5-4-6-19(20)24-22/h4-9,15H,2-3,10-14,16,23H2,1H3. The lowest BCUT2D eigenvalue weighted by molar-refractivity contribution is 0.180. The summed E-state index contributed by atoms with van der Waals surface area (Å²) >= 11 is 1.81. The van der Waals surface area contributed by atoms with Gasteiger partial charge >= 0.3 is 0 Å². The van der Waals surface area contributed by atoms with E-state index in [-0.39, 0.29) is 0 Å². The second kappa shape index (κ2) is 8.46. The molecule has 2 heterocycles. The monoisotopic (exact) mass is 380 g/mol. The van der Waals surface area contributed by atoms with Crippen LogP contribution in [0.15, 0.2) is 57.2 Å². The number of nitrogens with two attached hydrogens (primary N) is 1. The van der Waals surface area contributed by atoms with Crippen LogP contribution in [0.5, 0.6) is 0 Å². The molecule has 0 bridgehead atoms. The van der Waals surface area contributed by atoms with Gasteiger partial charge in [-0.1, -0.05) is 43.3 Å². The van der Waals surface area contributed by atoms with Crippen molar-refractivity contribution in [1.82, 2.24) is 9.80 Å². The molecule has 142 valence electrons. The van der Waals surface area contributed by atoms with Crippen molar-refractivity contribution >= 4 is 23.3 Å². The predicted octanol–water partition coefficient (Wildman–Crippen LogP) is 4.11. The Balaban J connectivity index is 1.66. The lowest BCUT2D eigenvalue weighted by Crippen LogP contribution is -2.49. The lowest BCUT2D eigenvalue weighted by atomic mass is 10.1. The summed E-state index contributed by atoms with van der Waals surface area (Å²) in [5.41, 5.74) is 9.36. The molecule has 0 atom stereocenters. The summed E-state index contributed by atoms with van der Waals surface area (Å²) in [5.74, 6) is 1.11. The van der Waals surface area contributed by atoms with Gasteiger partial charge in [0.05, 0.1) is 5.69 Å². The highest BCUT2D eigenvalue weighted by molar-refractivity contribution is 7.99. The summed E-state index contributed by atoms with van der Waals surface area (Å²) in [7, 11) is 0. The van der Waals surface area contributed by atoms with Crippen LogP contribution in [0.2, 0.25) is 0 Å². The number of amidine groups is 1. The number of unbranched alkanes of at least 4 members (excludes halogenated alkanes) is 1. The van der Waals surface area contributed by atoms with E-state index in [9.17, 15) is 0 Å². The van der Waals surface area contributed by atoms with Crippen LogP contribution in [0, 0.1) is 0 Å². The maximum atomic E-state index is 5.89. The lowest BCUT2D eigenvalue weighted by Gasteiger charge is -2.36. The quantitative estimate of drug-likeness (QED) is 0.867. The van der Waals surface area contributed by atoms with Crippen LogP contribution in [-0.2, 0) is 6.54 Å². The molecule has 2 aromatic carbocycles. The number of hydrogen-bond acceptors (Lipinski definition) is 5. The average molecular weight is 381 g/mol. The Morgan fingerprint density at radius 2 is 1.85 bits per heavy atom. The van der Waals surface area contributed by atoms with Crippen molar-refractivity contribution in [2.24, 2.45) is 10.7 Å². The van der Waals surface area contributed by atoms with Crippen molar-refractivity contribution in [2.45, 2.75) is 36.1 Å². The van der Waals surface area contributed by atoms with Crippen LogP contribution in [0.1, 0.15) is 30.9 Å². The molecule has 2 aliphatic heterocycles. The molecule has 2 aromatic rings. The van der Waals surface area contributed by atoms with Crippen LogP contribution < -0.4 is 5.73 Å². The number of para-hydroxylation sites is 1. The zero-order valence-electron chi connectivity index (χ0n) is 16.0. The van der Waals surface area contributed by atoms with E-state index in [0.717, 1.165) is 37.7 Å². The van der Waals surface area contributed by atoms with Gasteiger partial charge in [-0.15, -0.1) is 0 Å². The average Bonchev–Trinajstić information content (AvgIpc) is 2.88. The topological polar surface area (TPSA) is 44.9 Å². The van der Waals surface area contributed by atoms with Crippen LogP contribution in [0.4, 0.5) is 5.69 Å². The van der Waals surface area contributed by atoms with E-state index in [0.29, 0.717) is 6.54 Å². The number of hydrogen-bond donors (Lipinski definition) is 1. The van der Waals surface area contributed by atoms with Gasteiger partial charge in [-0.3, -0.25) is 4.90 Å². The van der Waals surface area contributed by atoms with Crippen molar-refractivity contribution in [2.75, 3.05) is 32.7 Å². The molecule has 4 rings (SSSR count). The minimum atomic E-state index is 0.568. The SMILES string of the molecule is CCCCN1CCN(C2=Nc3ccccc3Sc3cc(CN)ccc32)CC1. The van der Waals surface area contributed by atoms with Gasteiger partial charge in [-0.2, -0.15) is 0 Å². The Bertz CT molecular complexity index is 825.